The molecule has 1 fully saturated rings. The Morgan fingerprint density at radius 1 is 1.29 bits per heavy atom. The van der Waals surface area contributed by atoms with E-state index in [1.165, 1.54) is 11.1 Å². The van der Waals surface area contributed by atoms with E-state index in [9.17, 15) is 9.59 Å². The van der Waals surface area contributed by atoms with Crippen LogP contribution in [0, 0.1) is 0 Å². The second-order valence-electron chi connectivity index (χ2n) is 7.73. The third-order valence-corrected chi connectivity index (χ3v) is 5.63. The molecule has 10 nitrogen and oxygen atoms in total. The zero-order valence-corrected chi connectivity index (χ0v) is 20.1. The molecule has 0 unspecified atom stereocenters. The van der Waals surface area contributed by atoms with E-state index in [0.717, 1.165) is 6.42 Å². The SMILES string of the molecule is CCOC(=O)c1oc2ncc(C(C=NC)=CN)cc2c1N(C(=O)OCC)[C@H]1CCO[C@@H](CC)C1. The number of furan rings is 1. The number of aliphatic imine (C=N–C) groups is 1. The number of nitrogens with zero attached hydrogens (tertiary/aromatic N) is 3. The monoisotopic (exact) mass is 472 g/mol. The summed E-state index contributed by atoms with van der Waals surface area (Å²) in [5.74, 6) is -0.785. The van der Waals surface area contributed by atoms with Gasteiger partial charge >= 0.3 is 12.1 Å². The van der Waals surface area contributed by atoms with Gasteiger partial charge in [-0.15, -0.1) is 0 Å². The highest BCUT2D eigenvalue weighted by molar-refractivity contribution is 6.13. The number of carbonyl (C=O) groups is 2. The van der Waals surface area contributed by atoms with Crippen LogP contribution in [-0.2, 0) is 14.2 Å². The third kappa shape index (κ3) is 5.22. The Balaban J connectivity index is 2.25. The quantitative estimate of drug-likeness (QED) is 0.452. The number of nitrogens with two attached hydrogens (primary N) is 1. The molecule has 0 spiro atoms. The largest absolute Gasteiger partial charge is 0.460 e. The average Bonchev–Trinajstić information content (AvgIpc) is 3.22. The molecule has 3 heterocycles. The van der Waals surface area contributed by atoms with Gasteiger partial charge in [0, 0.05) is 49.4 Å². The lowest BCUT2D eigenvalue weighted by Gasteiger charge is -2.36. The van der Waals surface area contributed by atoms with Crippen molar-refractivity contribution in [2.75, 3.05) is 31.8 Å². The Kier molecular flexibility index (Phi) is 8.64. The Morgan fingerprint density at radius 2 is 2.06 bits per heavy atom. The molecule has 2 atom stereocenters. The molecule has 10 heteroatoms. The van der Waals surface area contributed by atoms with Gasteiger partial charge in [-0.05, 0) is 39.2 Å². The molecule has 3 rings (SSSR count). The number of fused-ring (bicyclic) bond motifs is 1. The van der Waals surface area contributed by atoms with Crippen molar-refractivity contribution in [2.24, 2.45) is 10.7 Å². The number of allylic oxidation sites excluding steroid dienone is 1. The molecular weight excluding hydrogens is 440 g/mol. The van der Waals surface area contributed by atoms with Crippen molar-refractivity contribution in [3.05, 3.63) is 29.8 Å². The molecule has 2 aromatic rings. The molecule has 1 amide bonds. The molecular formula is C24H32N4O6. The van der Waals surface area contributed by atoms with Crippen LogP contribution < -0.4 is 10.6 Å². The van der Waals surface area contributed by atoms with Gasteiger partial charge < -0.3 is 24.4 Å². The predicted octanol–water partition coefficient (Wildman–Crippen LogP) is 3.93. The highest BCUT2D eigenvalue weighted by Crippen LogP contribution is 2.38. The molecule has 0 saturated carbocycles. The summed E-state index contributed by atoms with van der Waals surface area (Å²) in [6.45, 7) is 6.28. The number of anilines is 1. The van der Waals surface area contributed by atoms with E-state index in [0.29, 0.717) is 36.0 Å². The summed E-state index contributed by atoms with van der Waals surface area (Å²) in [6, 6.07) is 1.50. The number of esters is 1. The predicted molar refractivity (Wildman–Crippen MR) is 129 cm³/mol. The van der Waals surface area contributed by atoms with Gasteiger partial charge in [-0.1, -0.05) is 6.92 Å². The van der Waals surface area contributed by atoms with Crippen LogP contribution in [0.15, 0.2) is 27.9 Å². The number of rotatable bonds is 8. The first-order valence-corrected chi connectivity index (χ1v) is 11.5. The van der Waals surface area contributed by atoms with Crippen molar-refractivity contribution < 1.29 is 28.2 Å². The molecule has 2 aromatic heterocycles. The normalized spacial score (nSPS) is 18.9. The van der Waals surface area contributed by atoms with Crippen molar-refractivity contribution in [2.45, 2.75) is 52.2 Å². The summed E-state index contributed by atoms with van der Waals surface area (Å²) < 4.78 is 22.3. The lowest BCUT2D eigenvalue weighted by atomic mass is 9.99. The average molecular weight is 473 g/mol. The van der Waals surface area contributed by atoms with Crippen LogP contribution in [0.4, 0.5) is 10.5 Å². The van der Waals surface area contributed by atoms with Gasteiger partial charge in [0.25, 0.3) is 0 Å². The topological polar surface area (TPSA) is 129 Å². The lowest BCUT2D eigenvalue weighted by molar-refractivity contribution is 0.00465. The van der Waals surface area contributed by atoms with Crippen molar-refractivity contribution >= 4 is 40.6 Å². The van der Waals surface area contributed by atoms with E-state index in [1.807, 2.05) is 6.92 Å². The number of pyridine rings is 1. The van der Waals surface area contributed by atoms with E-state index in [-0.39, 0.29) is 42.5 Å². The summed E-state index contributed by atoms with van der Waals surface area (Å²) >= 11 is 0. The first kappa shape index (κ1) is 25.2. The van der Waals surface area contributed by atoms with Gasteiger partial charge in [0.2, 0.25) is 11.5 Å². The fraction of sp³-hybridized carbons (Fsp3) is 0.500. The maximum atomic E-state index is 13.3. The minimum absolute atomic E-state index is 0.0129. The molecule has 34 heavy (non-hydrogen) atoms. The second-order valence-corrected chi connectivity index (χ2v) is 7.73. The van der Waals surface area contributed by atoms with E-state index in [2.05, 4.69) is 9.98 Å². The van der Waals surface area contributed by atoms with Crippen molar-refractivity contribution in [1.29, 1.82) is 0 Å². The molecule has 0 radical (unpaired) electrons. The van der Waals surface area contributed by atoms with Crippen molar-refractivity contribution in [3.8, 4) is 0 Å². The Bertz CT molecular complexity index is 1080. The zero-order valence-electron chi connectivity index (χ0n) is 20.1. The molecule has 0 aromatic carbocycles. The standard InChI is InChI=1S/C24H32N4O6/c1-5-18-11-17(8-9-33-18)28(24(30)32-7-3)20-19-10-15(16(12-25)13-26-4)14-27-22(19)34-21(20)23(29)31-6-2/h10,12-14,17-18H,5-9,11,25H2,1-4H3/t17-,18-/m0/s1. The summed E-state index contributed by atoms with van der Waals surface area (Å²) in [6.07, 6.45) is 5.96. The number of aromatic nitrogens is 1. The van der Waals surface area contributed by atoms with Gasteiger partial charge in [0.1, 0.15) is 5.69 Å². The van der Waals surface area contributed by atoms with Gasteiger partial charge in [-0.2, -0.15) is 0 Å². The number of ether oxygens (including phenoxy) is 3. The van der Waals surface area contributed by atoms with Crippen LogP contribution in [0.1, 0.15) is 56.2 Å². The van der Waals surface area contributed by atoms with Gasteiger partial charge in [-0.25, -0.2) is 14.6 Å². The summed E-state index contributed by atoms with van der Waals surface area (Å²) in [5, 5.41) is 0.469. The smallest absolute Gasteiger partial charge is 0.414 e. The van der Waals surface area contributed by atoms with Crippen LogP contribution in [0.2, 0.25) is 0 Å². The number of hydrogen-bond donors (Lipinski definition) is 1. The summed E-state index contributed by atoms with van der Waals surface area (Å²) in [5.41, 5.74) is 7.53. The van der Waals surface area contributed by atoms with Crippen LogP contribution >= 0.6 is 0 Å². The minimum Gasteiger partial charge on any atom is -0.460 e. The first-order valence-electron chi connectivity index (χ1n) is 11.5. The zero-order chi connectivity index (χ0) is 24.7. The highest BCUT2D eigenvalue weighted by Gasteiger charge is 2.38. The van der Waals surface area contributed by atoms with E-state index < -0.39 is 12.1 Å². The van der Waals surface area contributed by atoms with E-state index >= 15 is 0 Å². The lowest BCUT2D eigenvalue weighted by Crippen LogP contribution is -2.46. The number of carbonyl (C=O) groups excluding carboxylic acids is 2. The van der Waals surface area contributed by atoms with E-state index in [4.69, 9.17) is 24.4 Å². The minimum atomic E-state index is -0.685. The maximum absolute atomic E-state index is 13.3. The van der Waals surface area contributed by atoms with Crippen molar-refractivity contribution in [1.82, 2.24) is 4.98 Å². The number of hydrogen-bond acceptors (Lipinski definition) is 9. The van der Waals surface area contributed by atoms with Crippen LogP contribution in [0.5, 0.6) is 0 Å². The Hall–Kier alpha value is -3.40. The Labute approximate surface area is 198 Å². The first-order chi connectivity index (χ1) is 16.5. The molecule has 1 aliphatic heterocycles. The summed E-state index contributed by atoms with van der Waals surface area (Å²) in [7, 11) is 1.63. The summed E-state index contributed by atoms with van der Waals surface area (Å²) in [4.78, 5) is 36.1. The van der Waals surface area contributed by atoms with Gasteiger partial charge in [0.05, 0.1) is 24.7 Å². The molecule has 1 saturated heterocycles. The van der Waals surface area contributed by atoms with Crippen LogP contribution in [0.25, 0.3) is 16.7 Å². The van der Waals surface area contributed by atoms with Crippen LogP contribution in [-0.4, -0.2) is 62.3 Å². The van der Waals surface area contributed by atoms with Crippen LogP contribution in [0.3, 0.4) is 0 Å². The molecule has 184 valence electrons. The number of amides is 1. The molecule has 2 N–H and O–H groups in total. The van der Waals surface area contributed by atoms with Crippen molar-refractivity contribution in [3.63, 3.8) is 0 Å². The molecule has 1 aliphatic rings. The fourth-order valence-corrected chi connectivity index (χ4v) is 4.05. The highest BCUT2D eigenvalue weighted by atomic mass is 16.6. The van der Waals surface area contributed by atoms with E-state index in [1.54, 1.807) is 39.4 Å². The van der Waals surface area contributed by atoms with Gasteiger partial charge in [-0.3, -0.25) is 9.89 Å². The Morgan fingerprint density at radius 3 is 2.71 bits per heavy atom. The molecule has 0 bridgehead atoms. The maximum Gasteiger partial charge on any atom is 0.414 e. The third-order valence-electron chi connectivity index (χ3n) is 5.63. The fourth-order valence-electron chi connectivity index (χ4n) is 4.05. The van der Waals surface area contributed by atoms with Gasteiger partial charge in [0.15, 0.2) is 0 Å². The molecule has 0 aliphatic carbocycles. The second kappa shape index (κ2) is 11.6.